The van der Waals surface area contributed by atoms with E-state index in [0.717, 1.165) is 30.3 Å². The lowest BCUT2D eigenvalue weighted by molar-refractivity contribution is 0.102. The number of fused-ring (bicyclic) bond motifs is 1. The highest BCUT2D eigenvalue weighted by Crippen LogP contribution is 2.24. The number of likely N-dealkylation sites (tertiary alicyclic amines) is 1. The smallest absolute Gasteiger partial charge is 0.257 e. The van der Waals surface area contributed by atoms with Crippen molar-refractivity contribution in [1.82, 2.24) is 14.7 Å². The zero-order chi connectivity index (χ0) is 18.6. The third-order valence-electron chi connectivity index (χ3n) is 5.14. The summed E-state index contributed by atoms with van der Waals surface area (Å²) < 4.78 is 1.90. The van der Waals surface area contributed by atoms with Crippen molar-refractivity contribution in [2.24, 2.45) is 0 Å². The number of carbonyl (C=O) groups excluding carboxylic acids is 1. The Morgan fingerprint density at radius 2 is 1.81 bits per heavy atom. The first kappa shape index (κ1) is 17.5. The molecule has 1 aliphatic heterocycles. The lowest BCUT2D eigenvalue weighted by Crippen LogP contribution is -2.21. The van der Waals surface area contributed by atoms with Gasteiger partial charge in [-0.1, -0.05) is 24.3 Å². The van der Waals surface area contributed by atoms with Crippen LogP contribution in [-0.4, -0.2) is 40.2 Å². The summed E-state index contributed by atoms with van der Waals surface area (Å²) in [4.78, 5) is 15.2. The fourth-order valence-corrected chi connectivity index (χ4v) is 3.73. The van der Waals surface area contributed by atoms with Crippen LogP contribution in [0.25, 0.3) is 10.8 Å². The van der Waals surface area contributed by atoms with Gasteiger partial charge in [-0.3, -0.25) is 9.48 Å². The van der Waals surface area contributed by atoms with Gasteiger partial charge < -0.3 is 16.0 Å². The van der Waals surface area contributed by atoms with Gasteiger partial charge in [-0.15, -0.1) is 0 Å². The van der Waals surface area contributed by atoms with E-state index in [1.807, 2.05) is 53.3 Å². The molecular weight excluding hydrogens is 338 g/mol. The maximum atomic E-state index is 12.7. The van der Waals surface area contributed by atoms with Crippen molar-refractivity contribution in [3.8, 4) is 0 Å². The SMILES string of the molecule is Nc1cccc2c(C(=O)Nc3ccn(CCCN4CCCC4)n3)cccc12. The zero-order valence-corrected chi connectivity index (χ0v) is 15.4. The predicted octanol–water partition coefficient (Wildman–Crippen LogP) is 3.36. The highest BCUT2D eigenvalue weighted by molar-refractivity contribution is 6.14. The van der Waals surface area contributed by atoms with Crippen LogP contribution in [0.2, 0.25) is 0 Å². The summed E-state index contributed by atoms with van der Waals surface area (Å²) in [7, 11) is 0. The molecule has 0 aliphatic carbocycles. The van der Waals surface area contributed by atoms with Crippen LogP contribution in [0.3, 0.4) is 0 Å². The molecule has 6 heteroatoms. The number of amides is 1. The lowest BCUT2D eigenvalue weighted by atomic mass is 10.0. The molecule has 1 aromatic heterocycles. The number of aromatic nitrogens is 2. The summed E-state index contributed by atoms with van der Waals surface area (Å²) in [5.74, 6) is 0.399. The fourth-order valence-electron chi connectivity index (χ4n) is 3.73. The van der Waals surface area contributed by atoms with Crippen molar-refractivity contribution < 1.29 is 4.79 Å². The summed E-state index contributed by atoms with van der Waals surface area (Å²) in [6.45, 7) is 4.40. The molecule has 0 unspecified atom stereocenters. The van der Waals surface area contributed by atoms with Gasteiger partial charge in [-0.2, -0.15) is 5.10 Å². The maximum absolute atomic E-state index is 12.7. The van der Waals surface area contributed by atoms with E-state index in [9.17, 15) is 4.79 Å². The normalized spacial score (nSPS) is 14.7. The number of benzene rings is 2. The number of nitrogens with two attached hydrogens (primary N) is 1. The number of anilines is 2. The predicted molar refractivity (Wildman–Crippen MR) is 109 cm³/mol. The molecule has 2 heterocycles. The van der Waals surface area contributed by atoms with E-state index in [2.05, 4.69) is 15.3 Å². The number of aryl methyl sites for hydroxylation is 1. The molecule has 1 fully saturated rings. The van der Waals surface area contributed by atoms with Gasteiger partial charge in [-0.25, -0.2) is 0 Å². The van der Waals surface area contributed by atoms with Crippen LogP contribution in [-0.2, 0) is 6.54 Å². The fraction of sp³-hybridized carbons (Fsp3) is 0.333. The van der Waals surface area contributed by atoms with Crippen LogP contribution >= 0.6 is 0 Å². The van der Waals surface area contributed by atoms with E-state index in [1.54, 1.807) is 0 Å². The molecule has 2 aromatic carbocycles. The number of nitrogen functional groups attached to an aromatic ring is 1. The van der Waals surface area contributed by atoms with Gasteiger partial charge >= 0.3 is 0 Å². The molecule has 0 radical (unpaired) electrons. The Morgan fingerprint density at radius 3 is 2.67 bits per heavy atom. The first-order valence-electron chi connectivity index (χ1n) is 9.55. The van der Waals surface area contributed by atoms with Crippen LogP contribution in [0.5, 0.6) is 0 Å². The summed E-state index contributed by atoms with van der Waals surface area (Å²) in [5, 5.41) is 9.11. The van der Waals surface area contributed by atoms with E-state index in [4.69, 9.17) is 5.73 Å². The Kier molecular flexibility index (Phi) is 5.07. The van der Waals surface area contributed by atoms with Crippen LogP contribution in [0.4, 0.5) is 11.5 Å². The molecule has 4 rings (SSSR count). The number of nitrogens with one attached hydrogen (secondary N) is 1. The van der Waals surface area contributed by atoms with Gasteiger partial charge in [0.2, 0.25) is 0 Å². The summed E-state index contributed by atoms with van der Waals surface area (Å²) >= 11 is 0. The van der Waals surface area contributed by atoms with Crippen LogP contribution in [0.1, 0.15) is 29.6 Å². The standard InChI is InChI=1S/C21H25N5O/c22-19-9-4-6-16-17(19)7-3-8-18(16)21(27)23-20-10-15-26(24-20)14-5-13-25-11-1-2-12-25/h3-4,6-10,15H,1-2,5,11-14,22H2,(H,23,24,27). The minimum absolute atomic E-state index is 0.173. The molecule has 0 atom stereocenters. The van der Waals surface area contributed by atoms with Gasteiger partial charge in [0, 0.05) is 35.4 Å². The molecule has 6 nitrogen and oxygen atoms in total. The average Bonchev–Trinajstić information content (AvgIpc) is 3.34. The molecule has 140 valence electrons. The number of hydrogen-bond donors (Lipinski definition) is 2. The second-order valence-electron chi connectivity index (χ2n) is 7.07. The van der Waals surface area contributed by atoms with E-state index in [-0.39, 0.29) is 5.91 Å². The largest absolute Gasteiger partial charge is 0.398 e. The highest BCUT2D eigenvalue weighted by Gasteiger charge is 2.13. The minimum Gasteiger partial charge on any atom is -0.398 e. The Labute approximate surface area is 159 Å². The van der Waals surface area contributed by atoms with Crippen molar-refractivity contribution >= 4 is 28.2 Å². The Hall–Kier alpha value is -2.86. The molecule has 1 aliphatic rings. The first-order valence-corrected chi connectivity index (χ1v) is 9.55. The second kappa shape index (κ2) is 7.80. The molecule has 0 spiro atoms. The summed E-state index contributed by atoms with van der Waals surface area (Å²) in [6.07, 6.45) is 5.62. The maximum Gasteiger partial charge on any atom is 0.257 e. The molecule has 3 N–H and O–H groups in total. The third-order valence-corrected chi connectivity index (χ3v) is 5.14. The van der Waals surface area contributed by atoms with Gasteiger partial charge in [0.15, 0.2) is 5.82 Å². The number of hydrogen-bond acceptors (Lipinski definition) is 4. The Bertz CT molecular complexity index is 943. The number of nitrogens with zero attached hydrogens (tertiary/aromatic N) is 3. The van der Waals surface area contributed by atoms with Crippen LogP contribution < -0.4 is 11.1 Å². The molecule has 1 amide bonds. The van der Waals surface area contributed by atoms with E-state index >= 15 is 0 Å². The molecule has 3 aromatic rings. The van der Waals surface area contributed by atoms with Gasteiger partial charge in [0.05, 0.1) is 0 Å². The first-order chi connectivity index (χ1) is 13.2. The summed E-state index contributed by atoms with van der Waals surface area (Å²) in [6, 6.07) is 13.0. The molecule has 27 heavy (non-hydrogen) atoms. The topological polar surface area (TPSA) is 76.2 Å². The average molecular weight is 363 g/mol. The molecule has 1 saturated heterocycles. The Morgan fingerprint density at radius 1 is 1.04 bits per heavy atom. The number of carbonyl (C=O) groups is 1. The molecule has 0 bridgehead atoms. The third kappa shape index (κ3) is 3.95. The van der Waals surface area contributed by atoms with Gasteiger partial charge in [0.1, 0.15) is 0 Å². The quantitative estimate of drug-likeness (QED) is 0.659. The number of rotatable bonds is 6. The molecular formula is C21H25N5O. The lowest BCUT2D eigenvalue weighted by Gasteiger charge is -2.13. The van der Waals surface area contributed by atoms with Crippen LogP contribution in [0.15, 0.2) is 48.7 Å². The van der Waals surface area contributed by atoms with Crippen molar-refractivity contribution in [3.63, 3.8) is 0 Å². The van der Waals surface area contributed by atoms with E-state index < -0.39 is 0 Å². The van der Waals surface area contributed by atoms with Crippen LogP contribution in [0, 0.1) is 0 Å². The minimum atomic E-state index is -0.173. The van der Waals surface area contributed by atoms with Crippen molar-refractivity contribution in [2.45, 2.75) is 25.8 Å². The summed E-state index contributed by atoms with van der Waals surface area (Å²) in [5.41, 5.74) is 7.29. The second-order valence-corrected chi connectivity index (χ2v) is 7.07. The van der Waals surface area contributed by atoms with Crippen molar-refractivity contribution in [2.75, 3.05) is 30.7 Å². The van der Waals surface area contributed by atoms with Crippen molar-refractivity contribution in [1.29, 1.82) is 0 Å². The highest BCUT2D eigenvalue weighted by atomic mass is 16.1. The zero-order valence-electron chi connectivity index (χ0n) is 15.4. The molecule has 0 saturated carbocycles. The Balaban J connectivity index is 1.40. The monoisotopic (exact) mass is 363 g/mol. The van der Waals surface area contributed by atoms with Gasteiger partial charge in [-0.05, 0) is 56.4 Å². The van der Waals surface area contributed by atoms with Gasteiger partial charge in [0.25, 0.3) is 5.91 Å². The van der Waals surface area contributed by atoms with E-state index in [0.29, 0.717) is 17.1 Å². The van der Waals surface area contributed by atoms with Crippen molar-refractivity contribution in [3.05, 3.63) is 54.2 Å². The van der Waals surface area contributed by atoms with E-state index in [1.165, 1.54) is 25.9 Å².